The number of amides is 2. The fourth-order valence-electron chi connectivity index (χ4n) is 1.58. The number of carbonyl (C=O) groups is 1. The summed E-state index contributed by atoms with van der Waals surface area (Å²) in [5.74, 6) is 0. The molecule has 1 aromatic rings. The zero-order valence-corrected chi connectivity index (χ0v) is 10.0. The monoisotopic (exact) mass is 220 g/mol. The van der Waals surface area contributed by atoms with Crippen molar-refractivity contribution in [1.82, 2.24) is 5.32 Å². The van der Waals surface area contributed by atoms with Gasteiger partial charge in [-0.25, -0.2) is 4.79 Å². The lowest BCUT2D eigenvalue weighted by Gasteiger charge is -2.06. The van der Waals surface area contributed by atoms with Gasteiger partial charge < -0.3 is 10.6 Å². The molecule has 88 valence electrons. The van der Waals surface area contributed by atoms with Crippen molar-refractivity contribution in [2.45, 2.75) is 32.6 Å². The number of aryl methyl sites for hydroxylation is 1. The molecule has 0 saturated carbocycles. The third-order valence-corrected chi connectivity index (χ3v) is 2.48. The van der Waals surface area contributed by atoms with Gasteiger partial charge in [0.2, 0.25) is 0 Å². The van der Waals surface area contributed by atoms with Crippen LogP contribution in [0.15, 0.2) is 24.3 Å². The van der Waals surface area contributed by atoms with Crippen molar-refractivity contribution in [2.75, 3.05) is 12.4 Å². The van der Waals surface area contributed by atoms with Gasteiger partial charge in [-0.3, -0.25) is 0 Å². The summed E-state index contributed by atoms with van der Waals surface area (Å²) in [6.45, 7) is 2.20. The second-order valence-electron chi connectivity index (χ2n) is 3.86. The number of benzene rings is 1. The van der Waals surface area contributed by atoms with Gasteiger partial charge in [0.05, 0.1) is 0 Å². The fourth-order valence-corrected chi connectivity index (χ4v) is 1.58. The molecule has 0 atom stereocenters. The number of carbonyl (C=O) groups excluding carboxylic acids is 1. The summed E-state index contributed by atoms with van der Waals surface area (Å²) in [5, 5.41) is 5.31. The van der Waals surface area contributed by atoms with Crippen LogP contribution >= 0.6 is 0 Å². The van der Waals surface area contributed by atoms with Crippen LogP contribution in [-0.2, 0) is 6.42 Å². The van der Waals surface area contributed by atoms with Crippen LogP contribution in [0.2, 0.25) is 0 Å². The summed E-state index contributed by atoms with van der Waals surface area (Å²) in [7, 11) is 1.61. The molecule has 0 spiro atoms. The molecular weight excluding hydrogens is 200 g/mol. The van der Waals surface area contributed by atoms with E-state index in [1.54, 1.807) is 7.05 Å². The zero-order chi connectivity index (χ0) is 11.8. The number of anilines is 1. The summed E-state index contributed by atoms with van der Waals surface area (Å²) in [6.07, 6.45) is 4.78. The third kappa shape index (κ3) is 4.34. The van der Waals surface area contributed by atoms with E-state index in [-0.39, 0.29) is 6.03 Å². The molecule has 16 heavy (non-hydrogen) atoms. The summed E-state index contributed by atoms with van der Waals surface area (Å²) in [5.41, 5.74) is 2.13. The normalized spacial score (nSPS) is 9.88. The molecule has 0 heterocycles. The SMILES string of the molecule is CCCCCc1cccc(NC(=O)NC)c1. The van der Waals surface area contributed by atoms with Crippen molar-refractivity contribution < 1.29 is 4.79 Å². The van der Waals surface area contributed by atoms with Gasteiger partial charge in [0.25, 0.3) is 0 Å². The maximum Gasteiger partial charge on any atom is 0.318 e. The highest BCUT2D eigenvalue weighted by Gasteiger charge is 1.99. The van der Waals surface area contributed by atoms with E-state index in [0.29, 0.717) is 0 Å². The first-order valence-electron chi connectivity index (χ1n) is 5.84. The molecule has 0 saturated heterocycles. The highest BCUT2D eigenvalue weighted by molar-refractivity contribution is 5.89. The van der Waals surface area contributed by atoms with Gasteiger partial charge in [0.1, 0.15) is 0 Å². The minimum absolute atomic E-state index is 0.175. The fraction of sp³-hybridized carbons (Fsp3) is 0.462. The van der Waals surface area contributed by atoms with Gasteiger partial charge in [0.15, 0.2) is 0 Å². The molecule has 0 aromatic heterocycles. The lowest BCUT2D eigenvalue weighted by molar-refractivity contribution is 0.254. The Morgan fingerprint density at radius 1 is 1.31 bits per heavy atom. The summed E-state index contributed by atoms with van der Waals surface area (Å²) >= 11 is 0. The average molecular weight is 220 g/mol. The van der Waals surface area contributed by atoms with E-state index >= 15 is 0 Å². The van der Waals surface area contributed by atoms with Crippen molar-refractivity contribution >= 4 is 11.7 Å². The molecule has 0 aliphatic carbocycles. The van der Waals surface area contributed by atoms with Crippen molar-refractivity contribution in [3.05, 3.63) is 29.8 Å². The van der Waals surface area contributed by atoms with Gasteiger partial charge in [0, 0.05) is 12.7 Å². The first kappa shape index (κ1) is 12.6. The number of unbranched alkanes of at least 4 members (excludes halogenated alkanes) is 2. The van der Waals surface area contributed by atoms with Crippen molar-refractivity contribution in [1.29, 1.82) is 0 Å². The predicted octanol–water partition coefficient (Wildman–Crippen LogP) is 3.17. The van der Waals surface area contributed by atoms with Crippen molar-refractivity contribution in [3.8, 4) is 0 Å². The lowest BCUT2D eigenvalue weighted by atomic mass is 10.1. The Hall–Kier alpha value is -1.51. The number of urea groups is 1. The number of nitrogens with one attached hydrogen (secondary N) is 2. The Kier molecular flexibility index (Phi) is 5.40. The van der Waals surface area contributed by atoms with Crippen LogP contribution < -0.4 is 10.6 Å². The van der Waals surface area contributed by atoms with Gasteiger partial charge >= 0.3 is 6.03 Å². The number of rotatable bonds is 5. The smallest absolute Gasteiger partial charge is 0.318 e. The minimum Gasteiger partial charge on any atom is -0.341 e. The summed E-state index contributed by atoms with van der Waals surface area (Å²) < 4.78 is 0. The first-order valence-corrected chi connectivity index (χ1v) is 5.84. The Labute approximate surface area is 97.2 Å². The van der Waals surface area contributed by atoms with E-state index in [4.69, 9.17) is 0 Å². The Morgan fingerprint density at radius 2 is 2.12 bits per heavy atom. The average Bonchev–Trinajstić information content (AvgIpc) is 2.30. The first-order chi connectivity index (χ1) is 7.76. The molecule has 0 aliphatic heterocycles. The van der Waals surface area contributed by atoms with Crippen LogP contribution in [0.4, 0.5) is 10.5 Å². The van der Waals surface area contributed by atoms with Crippen LogP contribution in [-0.4, -0.2) is 13.1 Å². The quantitative estimate of drug-likeness (QED) is 0.735. The maximum atomic E-state index is 11.1. The predicted molar refractivity (Wildman–Crippen MR) is 67.7 cm³/mol. The van der Waals surface area contributed by atoms with Gasteiger partial charge in [-0.05, 0) is 30.5 Å². The molecule has 3 heteroatoms. The third-order valence-electron chi connectivity index (χ3n) is 2.48. The Morgan fingerprint density at radius 3 is 2.81 bits per heavy atom. The molecule has 2 N–H and O–H groups in total. The standard InChI is InChI=1S/C13H20N2O/c1-3-4-5-7-11-8-6-9-12(10-11)15-13(16)14-2/h6,8-10H,3-5,7H2,1-2H3,(H2,14,15,16). The number of hydrogen-bond acceptors (Lipinski definition) is 1. The Balaban J connectivity index is 2.53. The molecule has 0 fully saturated rings. The second-order valence-corrected chi connectivity index (χ2v) is 3.86. The zero-order valence-electron chi connectivity index (χ0n) is 10.0. The largest absolute Gasteiger partial charge is 0.341 e. The highest BCUT2D eigenvalue weighted by atomic mass is 16.2. The summed E-state index contributed by atoms with van der Waals surface area (Å²) in [4.78, 5) is 11.1. The van der Waals surface area contributed by atoms with Crippen molar-refractivity contribution in [3.63, 3.8) is 0 Å². The maximum absolute atomic E-state index is 11.1. The molecule has 0 bridgehead atoms. The minimum atomic E-state index is -0.175. The van der Waals surface area contributed by atoms with E-state index in [0.717, 1.165) is 12.1 Å². The van der Waals surface area contributed by atoms with E-state index in [1.807, 2.05) is 18.2 Å². The van der Waals surface area contributed by atoms with Gasteiger partial charge in [-0.15, -0.1) is 0 Å². The molecule has 0 radical (unpaired) electrons. The van der Waals surface area contributed by atoms with Crippen LogP contribution in [0, 0.1) is 0 Å². The van der Waals surface area contributed by atoms with Gasteiger partial charge in [-0.2, -0.15) is 0 Å². The van der Waals surface area contributed by atoms with E-state index in [1.165, 1.54) is 24.8 Å². The van der Waals surface area contributed by atoms with Crippen LogP contribution in [0.1, 0.15) is 31.7 Å². The molecule has 1 rings (SSSR count). The van der Waals surface area contributed by atoms with Crippen LogP contribution in [0.5, 0.6) is 0 Å². The Bertz CT molecular complexity index is 336. The lowest BCUT2D eigenvalue weighted by Crippen LogP contribution is -2.24. The molecule has 0 unspecified atom stereocenters. The molecule has 0 aliphatic rings. The van der Waals surface area contributed by atoms with E-state index in [2.05, 4.69) is 23.6 Å². The molecular formula is C13H20N2O. The van der Waals surface area contributed by atoms with Gasteiger partial charge in [-0.1, -0.05) is 31.9 Å². The van der Waals surface area contributed by atoms with Crippen LogP contribution in [0.3, 0.4) is 0 Å². The topological polar surface area (TPSA) is 41.1 Å². The van der Waals surface area contributed by atoms with Crippen LogP contribution in [0.25, 0.3) is 0 Å². The number of hydrogen-bond donors (Lipinski definition) is 2. The summed E-state index contributed by atoms with van der Waals surface area (Å²) in [6, 6.07) is 7.84. The van der Waals surface area contributed by atoms with E-state index < -0.39 is 0 Å². The molecule has 2 amide bonds. The molecule has 1 aromatic carbocycles. The second kappa shape index (κ2) is 6.88. The van der Waals surface area contributed by atoms with E-state index in [9.17, 15) is 4.79 Å². The highest BCUT2D eigenvalue weighted by Crippen LogP contribution is 2.13. The van der Waals surface area contributed by atoms with Crippen molar-refractivity contribution in [2.24, 2.45) is 0 Å². The molecule has 3 nitrogen and oxygen atoms in total.